The third-order valence-electron chi connectivity index (χ3n) is 6.19. The van der Waals surface area contributed by atoms with E-state index in [9.17, 15) is 30.0 Å². The highest BCUT2D eigenvalue weighted by Crippen LogP contribution is 2.55. The molecule has 4 rings (SSSR count). The zero-order valence-corrected chi connectivity index (χ0v) is 19.1. The second-order valence-corrected chi connectivity index (χ2v) is 12.6. The maximum atomic E-state index is 15.2. The fraction of sp³-hybridized carbons (Fsp3) is 0.429. The number of sulfone groups is 2. The van der Waals surface area contributed by atoms with Crippen molar-refractivity contribution in [2.75, 3.05) is 31.3 Å². The van der Waals surface area contributed by atoms with E-state index in [2.05, 4.69) is 0 Å². The highest BCUT2D eigenvalue weighted by Gasteiger charge is 2.62. The first-order valence-electron chi connectivity index (χ1n) is 10.2. The number of aliphatic hydroxyl groups excluding tert-OH is 1. The van der Waals surface area contributed by atoms with E-state index in [1.165, 1.54) is 0 Å². The van der Waals surface area contributed by atoms with Crippen LogP contribution >= 0.6 is 0 Å². The minimum Gasteiger partial charge on any atom is -0.490 e. The van der Waals surface area contributed by atoms with Gasteiger partial charge in [0.15, 0.2) is 31.2 Å². The Balaban J connectivity index is 1.99. The van der Waals surface area contributed by atoms with Gasteiger partial charge < -0.3 is 14.6 Å². The van der Waals surface area contributed by atoms with Crippen LogP contribution in [0.15, 0.2) is 35.2 Å². The predicted molar refractivity (Wildman–Crippen MR) is 111 cm³/mol. The number of aliphatic hydroxyl groups is 1. The van der Waals surface area contributed by atoms with Crippen molar-refractivity contribution in [3.05, 3.63) is 59.2 Å². The van der Waals surface area contributed by atoms with Crippen molar-refractivity contribution in [1.29, 1.82) is 0 Å². The summed E-state index contributed by atoms with van der Waals surface area (Å²) >= 11 is 0. The van der Waals surface area contributed by atoms with Gasteiger partial charge in [-0.3, -0.25) is 0 Å². The van der Waals surface area contributed by atoms with E-state index in [0.717, 1.165) is 6.07 Å². The summed E-state index contributed by atoms with van der Waals surface area (Å²) in [6, 6.07) is 3.03. The largest absolute Gasteiger partial charge is 0.490 e. The number of ether oxygens (including phenoxy) is 2. The smallest absolute Gasteiger partial charge is 0.189 e. The Hall–Kier alpha value is -2.22. The van der Waals surface area contributed by atoms with Crippen molar-refractivity contribution in [1.82, 2.24) is 0 Å². The monoisotopic (exact) mass is 524 g/mol. The van der Waals surface area contributed by atoms with Crippen LogP contribution in [0.1, 0.15) is 12.0 Å². The van der Waals surface area contributed by atoms with Gasteiger partial charge >= 0.3 is 0 Å². The Morgan fingerprint density at radius 2 is 1.65 bits per heavy atom. The van der Waals surface area contributed by atoms with Gasteiger partial charge in [-0.15, -0.1) is 0 Å². The van der Waals surface area contributed by atoms with Crippen LogP contribution in [0.5, 0.6) is 5.75 Å². The van der Waals surface area contributed by atoms with Gasteiger partial charge in [-0.25, -0.2) is 34.4 Å². The molecule has 0 spiro atoms. The van der Waals surface area contributed by atoms with Crippen LogP contribution in [0.3, 0.4) is 0 Å². The first-order valence-corrected chi connectivity index (χ1v) is 13.5. The molecular formula is C21H20F4O7S2. The molecule has 2 aromatic rings. The maximum absolute atomic E-state index is 15.2. The van der Waals surface area contributed by atoms with Gasteiger partial charge in [0.1, 0.15) is 22.2 Å². The molecule has 0 aliphatic carbocycles. The first-order chi connectivity index (χ1) is 15.9. The summed E-state index contributed by atoms with van der Waals surface area (Å²) in [5, 5.41) is 9.04. The fourth-order valence-corrected chi connectivity index (χ4v) is 8.42. The van der Waals surface area contributed by atoms with E-state index >= 15 is 4.39 Å². The van der Waals surface area contributed by atoms with Gasteiger partial charge in [0.05, 0.1) is 41.3 Å². The van der Waals surface area contributed by atoms with Crippen molar-refractivity contribution in [2.24, 2.45) is 5.92 Å². The molecule has 0 aromatic heterocycles. The molecule has 0 unspecified atom stereocenters. The van der Waals surface area contributed by atoms with Crippen LogP contribution in [-0.2, 0) is 29.2 Å². The molecule has 3 atom stereocenters. The number of benzene rings is 2. The number of hydrogen-bond acceptors (Lipinski definition) is 7. The van der Waals surface area contributed by atoms with Crippen LogP contribution in [0, 0.1) is 29.2 Å². The van der Waals surface area contributed by atoms with Crippen LogP contribution in [0.25, 0.3) is 0 Å². The molecule has 0 saturated carbocycles. The standard InChI is InChI=1S/C21H20F4O7S2/c22-12-7-13(23)9-14(8-12)34(29,30)21-3-5-31-18(11-33(27,28)6-4-26)15(21)10-32-20-17(25)2-1-16(24)19(20)21/h1-2,7-9,15,18,26H,3-6,10-11H2/t15-,18-,21-/m0/s1. The zero-order valence-electron chi connectivity index (χ0n) is 17.5. The Kier molecular flexibility index (Phi) is 6.42. The zero-order chi connectivity index (χ0) is 24.9. The SMILES string of the molecule is O=S(=O)(CCO)C[C@@H]1OCC[C@@]2(S(=O)(=O)c3cc(F)cc(F)c3)c3c(F)ccc(F)c3OC[C@@H]12. The van der Waals surface area contributed by atoms with E-state index in [0.29, 0.717) is 24.3 Å². The molecule has 34 heavy (non-hydrogen) atoms. The predicted octanol–water partition coefficient (Wildman–Crippen LogP) is 2.12. The van der Waals surface area contributed by atoms with E-state index in [4.69, 9.17) is 14.6 Å². The van der Waals surface area contributed by atoms with Gasteiger partial charge in [-0.05, 0) is 30.7 Å². The lowest BCUT2D eigenvalue weighted by Crippen LogP contribution is -2.59. The van der Waals surface area contributed by atoms with E-state index in [-0.39, 0.29) is 6.61 Å². The lowest BCUT2D eigenvalue weighted by molar-refractivity contribution is -0.0609. The van der Waals surface area contributed by atoms with Crippen molar-refractivity contribution in [3.63, 3.8) is 0 Å². The molecular weight excluding hydrogens is 504 g/mol. The van der Waals surface area contributed by atoms with Crippen LogP contribution in [0.4, 0.5) is 17.6 Å². The van der Waals surface area contributed by atoms with Gasteiger partial charge in [0, 0.05) is 18.6 Å². The molecule has 0 bridgehead atoms. The number of halogens is 4. The fourth-order valence-electron chi connectivity index (χ4n) is 4.76. The minimum absolute atomic E-state index is 0.373. The summed E-state index contributed by atoms with van der Waals surface area (Å²) in [5.41, 5.74) is -0.679. The van der Waals surface area contributed by atoms with Crippen LogP contribution in [-0.4, -0.2) is 59.4 Å². The highest BCUT2D eigenvalue weighted by molar-refractivity contribution is 7.92. The Labute approximate surface area is 193 Å². The minimum atomic E-state index is -4.87. The third-order valence-corrected chi connectivity index (χ3v) is 10.4. The molecule has 2 aliphatic heterocycles. The molecule has 2 aliphatic rings. The van der Waals surface area contributed by atoms with Gasteiger partial charge in [-0.2, -0.15) is 0 Å². The van der Waals surface area contributed by atoms with Crippen molar-refractivity contribution >= 4 is 19.7 Å². The molecule has 1 saturated heterocycles. The molecule has 2 heterocycles. The molecule has 2 aromatic carbocycles. The average molecular weight is 525 g/mol. The number of hydrogen-bond donors (Lipinski definition) is 1. The Bertz CT molecular complexity index is 1310. The van der Waals surface area contributed by atoms with Crippen molar-refractivity contribution in [2.45, 2.75) is 22.2 Å². The first kappa shape index (κ1) is 24.9. The molecule has 1 N–H and O–H groups in total. The van der Waals surface area contributed by atoms with Gasteiger partial charge in [0.25, 0.3) is 0 Å². The number of fused-ring (bicyclic) bond motifs is 3. The average Bonchev–Trinajstić information content (AvgIpc) is 2.74. The lowest BCUT2D eigenvalue weighted by Gasteiger charge is -2.50. The summed E-state index contributed by atoms with van der Waals surface area (Å²) in [6.07, 6.45) is -1.81. The topological polar surface area (TPSA) is 107 Å². The summed E-state index contributed by atoms with van der Waals surface area (Å²) < 4.78 is 119. The molecule has 1 fully saturated rings. The second-order valence-electron chi connectivity index (χ2n) is 8.15. The van der Waals surface area contributed by atoms with E-state index in [1.54, 1.807) is 0 Å². The van der Waals surface area contributed by atoms with Crippen LogP contribution in [0.2, 0.25) is 0 Å². The second kappa shape index (κ2) is 8.77. The molecule has 0 radical (unpaired) electrons. The summed E-state index contributed by atoms with van der Waals surface area (Å²) in [6.45, 7) is -1.63. The normalized spacial score (nSPS) is 24.7. The molecule has 13 heteroatoms. The quantitative estimate of drug-likeness (QED) is 0.577. The molecule has 7 nitrogen and oxygen atoms in total. The highest BCUT2D eigenvalue weighted by atomic mass is 32.2. The van der Waals surface area contributed by atoms with E-state index < -0.39 is 107 Å². The summed E-state index contributed by atoms with van der Waals surface area (Å²) in [7, 11) is -8.81. The summed E-state index contributed by atoms with van der Waals surface area (Å²) in [4.78, 5) is -0.814. The van der Waals surface area contributed by atoms with Crippen LogP contribution < -0.4 is 4.74 Å². The Morgan fingerprint density at radius 1 is 1.00 bits per heavy atom. The van der Waals surface area contributed by atoms with Crippen molar-refractivity contribution in [3.8, 4) is 5.75 Å². The number of rotatable bonds is 6. The maximum Gasteiger partial charge on any atom is 0.189 e. The third kappa shape index (κ3) is 3.97. The van der Waals surface area contributed by atoms with E-state index in [1.807, 2.05) is 0 Å². The lowest BCUT2D eigenvalue weighted by atomic mass is 9.76. The summed E-state index contributed by atoms with van der Waals surface area (Å²) in [5.74, 6) is -8.01. The molecule has 186 valence electrons. The van der Waals surface area contributed by atoms with Gasteiger partial charge in [0.2, 0.25) is 0 Å². The molecule has 0 amide bonds. The van der Waals surface area contributed by atoms with Gasteiger partial charge in [-0.1, -0.05) is 0 Å². The van der Waals surface area contributed by atoms with Crippen molar-refractivity contribution < 1.29 is 49.0 Å². The Morgan fingerprint density at radius 3 is 2.29 bits per heavy atom.